The highest BCUT2D eigenvalue weighted by molar-refractivity contribution is 9.10. The van der Waals surface area contributed by atoms with E-state index < -0.39 is 0 Å². The zero-order chi connectivity index (χ0) is 9.14. The lowest BCUT2D eigenvalue weighted by Gasteiger charge is -2.06. The van der Waals surface area contributed by atoms with Gasteiger partial charge in [-0.15, -0.1) is 0 Å². The first kappa shape index (κ1) is 10.0. The lowest BCUT2D eigenvalue weighted by molar-refractivity contribution is 0.811. The first-order valence-corrected chi connectivity index (χ1v) is 4.91. The number of hydrogen-bond acceptors (Lipinski definition) is 1. The lowest BCUT2D eigenvalue weighted by atomic mass is 10.1. The molecule has 1 aromatic carbocycles. The van der Waals surface area contributed by atoms with Crippen molar-refractivity contribution in [3.8, 4) is 0 Å². The molecule has 1 nitrogen and oxygen atoms in total. The molecule has 0 aromatic heterocycles. The third-order valence-electron chi connectivity index (χ3n) is 1.75. The van der Waals surface area contributed by atoms with Gasteiger partial charge in [-0.1, -0.05) is 11.6 Å². The van der Waals surface area contributed by atoms with Crippen molar-refractivity contribution in [1.29, 1.82) is 0 Å². The Morgan fingerprint density at radius 3 is 2.75 bits per heavy atom. The first-order chi connectivity index (χ1) is 5.65. The molecule has 1 aromatic rings. The molecule has 0 unspecified atom stereocenters. The van der Waals surface area contributed by atoms with E-state index in [1.807, 2.05) is 19.2 Å². The van der Waals surface area contributed by atoms with Crippen LogP contribution in [0.5, 0.6) is 0 Å². The Labute approximate surface area is 86.2 Å². The molecule has 1 N–H and O–H groups in total. The smallest absolute Gasteiger partial charge is 0.0550 e. The van der Waals surface area contributed by atoms with Crippen molar-refractivity contribution in [1.82, 2.24) is 5.32 Å². The van der Waals surface area contributed by atoms with Gasteiger partial charge in [-0.2, -0.15) is 0 Å². The van der Waals surface area contributed by atoms with Crippen LogP contribution in [0, 0.1) is 6.92 Å². The Hall–Kier alpha value is -0.0500. The molecule has 0 saturated carbocycles. The van der Waals surface area contributed by atoms with Gasteiger partial charge < -0.3 is 5.32 Å². The quantitative estimate of drug-likeness (QED) is 0.848. The van der Waals surface area contributed by atoms with E-state index in [0.29, 0.717) is 0 Å². The predicted octanol–water partition coefficient (Wildman–Crippen LogP) is 3.13. The molecular formula is C9H11BrClN. The average molecular weight is 249 g/mol. The van der Waals surface area contributed by atoms with Gasteiger partial charge in [0.25, 0.3) is 0 Å². The molecular weight excluding hydrogens is 237 g/mol. The normalized spacial score (nSPS) is 10.3. The third kappa shape index (κ3) is 2.22. The highest BCUT2D eigenvalue weighted by atomic mass is 79.9. The number of nitrogens with one attached hydrogen (secondary N) is 1. The van der Waals surface area contributed by atoms with Crippen LogP contribution in [0.1, 0.15) is 11.1 Å². The molecule has 12 heavy (non-hydrogen) atoms. The van der Waals surface area contributed by atoms with Gasteiger partial charge in [0.15, 0.2) is 0 Å². The molecule has 0 radical (unpaired) electrons. The summed E-state index contributed by atoms with van der Waals surface area (Å²) in [4.78, 5) is 0. The minimum atomic E-state index is 0.771. The summed E-state index contributed by atoms with van der Waals surface area (Å²) in [7, 11) is 1.93. The van der Waals surface area contributed by atoms with Gasteiger partial charge in [-0.3, -0.25) is 0 Å². The van der Waals surface area contributed by atoms with Gasteiger partial charge in [0.2, 0.25) is 0 Å². The van der Waals surface area contributed by atoms with Gasteiger partial charge >= 0.3 is 0 Å². The van der Waals surface area contributed by atoms with E-state index in [-0.39, 0.29) is 0 Å². The van der Waals surface area contributed by atoms with E-state index in [9.17, 15) is 0 Å². The van der Waals surface area contributed by atoms with Crippen LogP contribution in [0.4, 0.5) is 0 Å². The van der Waals surface area contributed by atoms with E-state index in [4.69, 9.17) is 11.6 Å². The topological polar surface area (TPSA) is 12.0 Å². The van der Waals surface area contributed by atoms with Gasteiger partial charge in [-0.05, 0) is 53.2 Å². The monoisotopic (exact) mass is 247 g/mol. The number of rotatable bonds is 2. The van der Waals surface area contributed by atoms with Crippen molar-refractivity contribution in [2.24, 2.45) is 0 Å². The Morgan fingerprint density at radius 2 is 2.17 bits per heavy atom. The molecule has 1 rings (SSSR count). The average Bonchev–Trinajstić information content (AvgIpc) is 2.01. The minimum Gasteiger partial charge on any atom is -0.316 e. The Bertz CT molecular complexity index is 286. The second-order valence-electron chi connectivity index (χ2n) is 2.72. The number of hydrogen-bond donors (Lipinski definition) is 1. The molecule has 0 spiro atoms. The van der Waals surface area contributed by atoms with Crippen LogP contribution in [0.3, 0.4) is 0 Å². The zero-order valence-electron chi connectivity index (χ0n) is 7.12. The fourth-order valence-corrected chi connectivity index (χ4v) is 1.68. The molecule has 0 aliphatic carbocycles. The highest BCUT2D eigenvalue weighted by Crippen LogP contribution is 2.25. The van der Waals surface area contributed by atoms with Crippen molar-refractivity contribution in [3.05, 3.63) is 32.8 Å². The molecule has 0 bridgehead atoms. The van der Waals surface area contributed by atoms with Crippen LogP contribution in [0.15, 0.2) is 16.6 Å². The molecule has 0 amide bonds. The van der Waals surface area contributed by atoms with E-state index in [0.717, 1.165) is 16.0 Å². The van der Waals surface area contributed by atoms with Gasteiger partial charge in [0.1, 0.15) is 0 Å². The lowest BCUT2D eigenvalue weighted by Crippen LogP contribution is -2.06. The fourth-order valence-electron chi connectivity index (χ4n) is 1.07. The van der Waals surface area contributed by atoms with Gasteiger partial charge in [0.05, 0.1) is 5.02 Å². The van der Waals surface area contributed by atoms with Gasteiger partial charge in [-0.25, -0.2) is 0 Å². The maximum Gasteiger partial charge on any atom is 0.0550 e. The van der Waals surface area contributed by atoms with Crippen LogP contribution in [0.25, 0.3) is 0 Å². The van der Waals surface area contributed by atoms with Crippen LogP contribution in [0.2, 0.25) is 5.02 Å². The Kier molecular flexibility index (Phi) is 3.56. The summed E-state index contributed by atoms with van der Waals surface area (Å²) in [5.41, 5.74) is 2.49. The summed E-state index contributed by atoms with van der Waals surface area (Å²) in [5.74, 6) is 0. The predicted molar refractivity (Wildman–Crippen MR) is 56.7 cm³/mol. The zero-order valence-corrected chi connectivity index (χ0v) is 9.46. The summed E-state index contributed by atoms with van der Waals surface area (Å²) < 4.78 is 0.958. The van der Waals surface area contributed by atoms with E-state index in [2.05, 4.69) is 28.2 Å². The molecule has 0 aliphatic rings. The largest absolute Gasteiger partial charge is 0.316 e. The van der Waals surface area contributed by atoms with E-state index in [1.165, 1.54) is 11.1 Å². The van der Waals surface area contributed by atoms with Crippen molar-refractivity contribution < 1.29 is 0 Å². The second-order valence-corrected chi connectivity index (χ2v) is 3.98. The minimum absolute atomic E-state index is 0.771. The molecule has 0 aliphatic heterocycles. The number of halogens is 2. The molecule has 0 saturated heterocycles. The summed E-state index contributed by atoms with van der Waals surface area (Å²) in [6, 6.07) is 4.02. The van der Waals surface area contributed by atoms with Gasteiger partial charge in [0, 0.05) is 11.0 Å². The van der Waals surface area contributed by atoms with Crippen molar-refractivity contribution >= 4 is 27.5 Å². The summed E-state index contributed by atoms with van der Waals surface area (Å²) in [6.45, 7) is 2.94. The standard InChI is InChI=1S/C9H11BrClN/c1-6-3-9(11)8(10)4-7(6)5-12-2/h3-4,12H,5H2,1-2H3. The Balaban J connectivity index is 3.05. The van der Waals surface area contributed by atoms with E-state index in [1.54, 1.807) is 0 Å². The molecule has 0 atom stereocenters. The fraction of sp³-hybridized carbons (Fsp3) is 0.333. The maximum atomic E-state index is 5.92. The maximum absolute atomic E-state index is 5.92. The van der Waals surface area contributed by atoms with Crippen molar-refractivity contribution in [2.45, 2.75) is 13.5 Å². The number of benzene rings is 1. The molecule has 66 valence electrons. The SMILES string of the molecule is CNCc1cc(Br)c(Cl)cc1C. The molecule has 3 heteroatoms. The van der Waals surface area contributed by atoms with Crippen molar-refractivity contribution in [3.63, 3.8) is 0 Å². The summed E-state index contributed by atoms with van der Waals surface area (Å²) in [6.07, 6.45) is 0. The Morgan fingerprint density at radius 1 is 1.50 bits per heavy atom. The van der Waals surface area contributed by atoms with Crippen LogP contribution in [-0.2, 0) is 6.54 Å². The first-order valence-electron chi connectivity index (χ1n) is 3.74. The highest BCUT2D eigenvalue weighted by Gasteiger charge is 2.02. The molecule has 0 fully saturated rings. The van der Waals surface area contributed by atoms with Crippen molar-refractivity contribution in [2.75, 3.05) is 7.05 Å². The second kappa shape index (κ2) is 4.26. The van der Waals surface area contributed by atoms with Crippen LogP contribution < -0.4 is 5.32 Å². The van der Waals surface area contributed by atoms with Crippen LogP contribution >= 0.6 is 27.5 Å². The number of aryl methyl sites for hydroxylation is 1. The third-order valence-corrected chi connectivity index (χ3v) is 2.94. The summed E-state index contributed by atoms with van der Waals surface area (Å²) >= 11 is 9.31. The summed E-state index contributed by atoms with van der Waals surface area (Å²) in [5, 5.41) is 3.88. The van der Waals surface area contributed by atoms with Crippen LogP contribution in [-0.4, -0.2) is 7.05 Å². The van der Waals surface area contributed by atoms with E-state index >= 15 is 0 Å². The molecule has 0 heterocycles.